The van der Waals surface area contributed by atoms with Crippen molar-refractivity contribution in [2.24, 2.45) is 11.7 Å². The molecule has 2 heterocycles. The molecule has 1 saturated heterocycles. The van der Waals surface area contributed by atoms with Crippen LogP contribution in [0.3, 0.4) is 0 Å². The molecule has 1 aliphatic heterocycles. The van der Waals surface area contributed by atoms with E-state index in [1.165, 1.54) is 0 Å². The van der Waals surface area contributed by atoms with Crippen molar-refractivity contribution in [2.45, 2.75) is 12.8 Å². The average Bonchev–Trinajstić information content (AvgIpc) is 3.05. The Morgan fingerprint density at radius 2 is 1.87 bits per heavy atom. The molecular formula is C16H17ClN4O2. The summed E-state index contributed by atoms with van der Waals surface area (Å²) in [6, 6.07) is 8.99. The molecule has 120 valence electrons. The number of nitrogens with one attached hydrogen (secondary N) is 1. The zero-order valence-corrected chi connectivity index (χ0v) is 13.2. The monoisotopic (exact) mass is 332 g/mol. The summed E-state index contributed by atoms with van der Waals surface area (Å²) in [6.07, 6.45) is 1.22. The lowest BCUT2D eigenvalue weighted by Gasteiger charge is -2.30. The number of aromatic nitrogens is 2. The van der Waals surface area contributed by atoms with Crippen LogP contribution in [0.5, 0.6) is 0 Å². The van der Waals surface area contributed by atoms with Gasteiger partial charge in [0.15, 0.2) is 0 Å². The standard InChI is InChI=1S/C16H17ClN4O2/c17-12-3-1-10(2-4-12)13-9-14(20-19-13)16(23)21-7-5-11(6-8-21)15(18)22/h1-4,9,11H,5-8H2,(H2,18,22)(H,19,20). The van der Waals surface area contributed by atoms with E-state index >= 15 is 0 Å². The van der Waals surface area contributed by atoms with Crippen molar-refractivity contribution in [1.82, 2.24) is 15.1 Å². The van der Waals surface area contributed by atoms with Gasteiger partial charge in [-0.2, -0.15) is 5.10 Å². The second-order valence-electron chi connectivity index (χ2n) is 5.64. The summed E-state index contributed by atoms with van der Waals surface area (Å²) in [6.45, 7) is 1.06. The molecule has 3 N–H and O–H groups in total. The van der Waals surface area contributed by atoms with Crippen LogP contribution in [0.15, 0.2) is 30.3 Å². The summed E-state index contributed by atoms with van der Waals surface area (Å²) < 4.78 is 0. The smallest absolute Gasteiger partial charge is 0.271 e. The van der Waals surface area contributed by atoms with E-state index < -0.39 is 0 Å². The number of piperidine rings is 1. The molecule has 6 nitrogen and oxygen atoms in total. The van der Waals surface area contributed by atoms with Gasteiger partial charge >= 0.3 is 0 Å². The largest absolute Gasteiger partial charge is 0.369 e. The average molecular weight is 333 g/mol. The molecule has 0 bridgehead atoms. The molecule has 7 heteroatoms. The van der Waals surface area contributed by atoms with E-state index in [-0.39, 0.29) is 17.7 Å². The zero-order chi connectivity index (χ0) is 16.4. The molecule has 1 aliphatic rings. The third-order valence-corrected chi connectivity index (χ3v) is 4.38. The molecule has 2 amide bonds. The molecule has 1 fully saturated rings. The molecule has 0 saturated carbocycles. The number of nitrogens with two attached hydrogens (primary N) is 1. The SMILES string of the molecule is NC(=O)C1CCN(C(=O)c2cc(-c3ccc(Cl)cc3)n[nH]2)CC1. The number of aromatic amines is 1. The highest BCUT2D eigenvalue weighted by molar-refractivity contribution is 6.30. The van der Waals surface area contributed by atoms with Crippen LogP contribution in [0.1, 0.15) is 23.3 Å². The zero-order valence-electron chi connectivity index (χ0n) is 12.5. The van der Waals surface area contributed by atoms with Crippen LogP contribution in [0.2, 0.25) is 5.02 Å². The molecule has 0 aliphatic carbocycles. The summed E-state index contributed by atoms with van der Waals surface area (Å²) >= 11 is 5.87. The number of H-pyrrole nitrogens is 1. The first-order valence-electron chi connectivity index (χ1n) is 7.44. The highest BCUT2D eigenvalue weighted by Gasteiger charge is 2.27. The number of benzene rings is 1. The van der Waals surface area contributed by atoms with Crippen LogP contribution in [-0.4, -0.2) is 40.0 Å². The topological polar surface area (TPSA) is 92.1 Å². The second-order valence-corrected chi connectivity index (χ2v) is 6.08. The van der Waals surface area contributed by atoms with Gasteiger partial charge in [0.25, 0.3) is 5.91 Å². The van der Waals surface area contributed by atoms with Gasteiger partial charge in [0, 0.05) is 29.6 Å². The molecule has 1 aromatic heterocycles. The van der Waals surface area contributed by atoms with Gasteiger partial charge in [-0.3, -0.25) is 14.7 Å². The van der Waals surface area contributed by atoms with Crippen LogP contribution in [0, 0.1) is 5.92 Å². The minimum absolute atomic E-state index is 0.111. The fraction of sp³-hybridized carbons (Fsp3) is 0.312. The Kier molecular flexibility index (Phi) is 4.34. The number of hydrogen-bond acceptors (Lipinski definition) is 3. The number of halogens is 1. The van der Waals surface area contributed by atoms with Crippen molar-refractivity contribution < 1.29 is 9.59 Å². The fourth-order valence-electron chi connectivity index (χ4n) is 2.74. The van der Waals surface area contributed by atoms with E-state index in [2.05, 4.69) is 10.2 Å². The van der Waals surface area contributed by atoms with Crippen LogP contribution in [0.25, 0.3) is 11.3 Å². The molecule has 0 unspecified atom stereocenters. The Hall–Kier alpha value is -2.34. The molecule has 1 aromatic carbocycles. The first-order valence-corrected chi connectivity index (χ1v) is 7.82. The number of rotatable bonds is 3. The van der Waals surface area contributed by atoms with Gasteiger partial charge in [0.1, 0.15) is 5.69 Å². The summed E-state index contributed by atoms with van der Waals surface area (Å²) in [5.41, 5.74) is 7.33. The molecular weight excluding hydrogens is 316 g/mol. The van der Waals surface area contributed by atoms with Crippen LogP contribution in [-0.2, 0) is 4.79 Å². The third-order valence-electron chi connectivity index (χ3n) is 4.13. The van der Waals surface area contributed by atoms with E-state index in [9.17, 15) is 9.59 Å². The number of nitrogens with zero attached hydrogens (tertiary/aromatic N) is 2. The van der Waals surface area contributed by atoms with Gasteiger partial charge in [-0.1, -0.05) is 23.7 Å². The summed E-state index contributed by atoms with van der Waals surface area (Å²) in [4.78, 5) is 25.4. The van der Waals surface area contributed by atoms with E-state index in [1.807, 2.05) is 12.1 Å². The Morgan fingerprint density at radius 1 is 1.22 bits per heavy atom. The highest BCUT2D eigenvalue weighted by Crippen LogP contribution is 2.22. The number of carbonyl (C=O) groups excluding carboxylic acids is 2. The molecule has 0 spiro atoms. The van der Waals surface area contributed by atoms with Gasteiger partial charge in [-0.25, -0.2) is 0 Å². The highest BCUT2D eigenvalue weighted by atomic mass is 35.5. The number of primary amides is 1. The Labute approximate surface area is 138 Å². The van der Waals surface area contributed by atoms with Gasteiger partial charge in [-0.05, 0) is 31.0 Å². The van der Waals surface area contributed by atoms with Crippen molar-refractivity contribution in [3.8, 4) is 11.3 Å². The minimum atomic E-state index is -0.288. The maximum Gasteiger partial charge on any atom is 0.271 e. The maximum atomic E-state index is 12.5. The first-order chi connectivity index (χ1) is 11.0. The van der Waals surface area contributed by atoms with E-state index in [4.69, 9.17) is 17.3 Å². The van der Waals surface area contributed by atoms with Gasteiger partial charge in [-0.15, -0.1) is 0 Å². The van der Waals surface area contributed by atoms with Crippen molar-refractivity contribution in [3.05, 3.63) is 41.0 Å². The Morgan fingerprint density at radius 3 is 2.48 bits per heavy atom. The number of likely N-dealkylation sites (tertiary alicyclic amines) is 1. The third kappa shape index (κ3) is 3.37. The molecule has 0 atom stereocenters. The normalized spacial score (nSPS) is 15.6. The molecule has 2 aromatic rings. The quantitative estimate of drug-likeness (QED) is 0.901. The Bertz CT molecular complexity index is 718. The van der Waals surface area contributed by atoms with Crippen LogP contribution < -0.4 is 5.73 Å². The van der Waals surface area contributed by atoms with E-state index in [1.54, 1.807) is 23.1 Å². The summed E-state index contributed by atoms with van der Waals surface area (Å²) in [7, 11) is 0. The lowest BCUT2D eigenvalue weighted by atomic mass is 9.96. The van der Waals surface area contributed by atoms with Crippen molar-refractivity contribution in [1.29, 1.82) is 0 Å². The number of carbonyl (C=O) groups is 2. The number of amides is 2. The van der Waals surface area contributed by atoms with Crippen molar-refractivity contribution in [2.75, 3.05) is 13.1 Å². The second kappa shape index (κ2) is 6.42. The maximum absolute atomic E-state index is 12.5. The fourth-order valence-corrected chi connectivity index (χ4v) is 2.86. The summed E-state index contributed by atoms with van der Waals surface area (Å²) in [5, 5.41) is 7.62. The van der Waals surface area contributed by atoms with Gasteiger partial charge in [0.2, 0.25) is 5.91 Å². The minimum Gasteiger partial charge on any atom is -0.369 e. The van der Waals surface area contributed by atoms with Crippen molar-refractivity contribution >= 4 is 23.4 Å². The predicted molar refractivity (Wildman–Crippen MR) is 86.9 cm³/mol. The lowest BCUT2D eigenvalue weighted by molar-refractivity contribution is -0.123. The molecule has 23 heavy (non-hydrogen) atoms. The first kappa shape index (κ1) is 15.6. The van der Waals surface area contributed by atoms with Crippen molar-refractivity contribution in [3.63, 3.8) is 0 Å². The lowest BCUT2D eigenvalue weighted by Crippen LogP contribution is -2.41. The van der Waals surface area contributed by atoms with E-state index in [0.717, 1.165) is 5.56 Å². The van der Waals surface area contributed by atoms with E-state index in [0.29, 0.717) is 42.3 Å². The van der Waals surface area contributed by atoms with Gasteiger partial charge in [0.05, 0.1) is 5.69 Å². The summed E-state index contributed by atoms with van der Waals surface area (Å²) in [5.74, 6) is -0.533. The predicted octanol–water partition coefficient (Wildman–Crippen LogP) is 2.07. The Balaban J connectivity index is 1.69. The van der Waals surface area contributed by atoms with Gasteiger partial charge < -0.3 is 10.6 Å². The molecule has 0 radical (unpaired) electrons. The van der Waals surface area contributed by atoms with Crippen LogP contribution >= 0.6 is 11.6 Å². The number of hydrogen-bond donors (Lipinski definition) is 2. The molecule has 3 rings (SSSR count). The van der Waals surface area contributed by atoms with Crippen LogP contribution in [0.4, 0.5) is 0 Å².